The first kappa shape index (κ1) is 21.3. The molecule has 0 aliphatic heterocycles. The van der Waals surface area contributed by atoms with Crippen LogP contribution in [0.15, 0.2) is 59.6 Å². The van der Waals surface area contributed by atoms with E-state index in [0.29, 0.717) is 33.4 Å². The quantitative estimate of drug-likeness (QED) is 0.327. The topological polar surface area (TPSA) is 149 Å². The number of nitrogens with two attached hydrogens (primary N) is 2. The molecule has 5 N–H and O–H groups in total. The van der Waals surface area contributed by atoms with Crippen molar-refractivity contribution in [3.63, 3.8) is 0 Å². The molecule has 3 aromatic rings. The Morgan fingerprint density at radius 2 is 1.71 bits per heavy atom. The SMILES string of the molecule is CS(=O)(=O)O.NC(N)=NC(=O)c1cc(-c2ccccc2)nc2c(Cl)cccc12. The van der Waals surface area contributed by atoms with Crippen LogP contribution in [0.5, 0.6) is 0 Å². The number of benzene rings is 2. The third kappa shape index (κ3) is 6.02. The van der Waals surface area contributed by atoms with Crippen LogP contribution in [0.1, 0.15) is 10.4 Å². The Kier molecular flexibility index (Phi) is 6.68. The summed E-state index contributed by atoms with van der Waals surface area (Å²) in [5.41, 5.74) is 13.0. The van der Waals surface area contributed by atoms with Crippen molar-refractivity contribution < 1.29 is 17.8 Å². The highest BCUT2D eigenvalue weighted by Crippen LogP contribution is 2.29. The predicted molar refractivity (Wildman–Crippen MR) is 110 cm³/mol. The molecule has 8 nitrogen and oxygen atoms in total. The van der Waals surface area contributed by atoms with Crippen molar-refractivity contribution in [1.29, 1.82) is 0 Å². The van der Waals surface area contributed by atoms with Gasteiger partial charge in [-0.25, -0.2) is 4.98 Å². The highest BCUT2D eigenvalue weighted by Gasteiger charge is 2.15. The van der Waals surface area contributed by atoms with Gasteiger partial charge in [-0.1, -0.05) is 54.1 Å². The van der Waals surface area contributed by atoms with Crippen LogP contribution in [0.25, 0.3) is 22.2 Å². The molecule has 146 valence electrons. The third-order valence-corrected chi connectivity index (χ3v) is 3.63. The van der Waals surface area contributed by atoms with E-state index in [1.807, 2.05) is 30.3 Å². The summed E-state index contributed by atoms with van der Waals surface area (Å²) in [7, 11) is -3.67. The van der Waals surface area contributed by atoms with Gasteiger partial charge in [0, 0.05) is 10.9 Å². The number of hydrogen-bond donors (Lipinski definition) is 3. The summed E-state index contributed by atoms with van der Waals surface area (Å²) in [6, 6.07) is 16.4. The van der Waals surface area contributed by atoms with E-state index in [1.165, 1.54) is 0 Å². The zero-order chi connectivity index (χ0) is 20.9. The van der Waals surface area contributed by atoms with Gasteiger partial charge in [-0.05, 0) is 12.1 Å². The van der Waals surface area contributed by atoms with Gasteiger partial charge in [0.25, 0.3) is 16.0 Å². The van der Waals surface area contributed by atoms with E-state index in [-0.39, 0.29) is 5.96 Å². The first-order chi connectivity index (χ1) is 13.1. The number of aromatic nitrogens is 1. The summed E-state index contributed by atoms with van der Waals surface area (Å²) < 4.78 is 25.9. The van der Waals surface area contributed by atoms with E-state index < -0.39 is 16.0 Å². The second-order valence-electron chi connectivity index (χ2n) is 5.63. The zero-order valence-electron chi connectivity index (χ0n) is 14.7. The fraction of sp³-hybridized carbons (Fsp3) is 0.0556. The number of nitrogens with zero attached hydrogens (tertiary/aromatic N) is 2. The molecule has 0 fully saturated rings. The number of para-hydroxylation sites is 1. The normalized spacial score (nSPS) is 10.7. The van der Waals surface area contributed by atoms with Gasteiger partial charge in [-0.2, -0.15) is 13.4 Å². The first-order valence-corrected chi connectivity index (χ1v) is 10.00. The summed E-state index contributed by atoms with van der Waals surface area (Å²) in [6.07, 6.45) is 0.715. The van der Waals surface area contributed by atoms with Gasteiger partial charge in [0.05, 0.1) is 28.1 Å². The van der Waals surface area contributed by atoms with Gasteiger partial charge < -0.3 is 11.5 Å². The maximum Gasteiger partial charge on any atom is 0.280 e. The Hall–Kier alpha value is -3.01. The number of halogens is 1. The maximum absolute atomic E-state index is 12.3. The van der Waals surface area contributed by atoms with E-state index >= 15 is 0 Å². The van der Waals surface area contributed by atoms with Crippen molar-refractivity contribution in [2.45, 2.75) is 0 Å². The molecule has 0 unspecified atom stereocenters. The van der Waals surface area contributed by atoms with Crippen LogP contribution >= 0.6 is 11.6 Å². The van der Waals surface area contributed by atoms with Gasteiger partial charge in [0.2, 0.25) is 0 Å². The number of pyridine rings is 1. The Balaban J connectivity index is 0.000000500. The molecule has 1 aromatic heterocycles. The van der Waals surface area contributed by atoms with Gasteiger partial charge in [0.15, 0.2) is 5.96 Å². The Morgan fingerprint density at radius 1 is 1.11 bits per heavy atom. The molecule has 3 rings (SSSR count). The number of fused-ring (bicyclic) bond motifs is 1. The molecular formula is C18H17ClN4O4S. The highest BCUT2D eigenvalue weighted by atomic mass is 35.5. The summed E-state index contributed by atoms with van der Waals surface area (Å²) in [6.45, 7) is 0. The third-order valence-electron chi connectivity index (χ3n) is 3.32. The largest absolute Gasteiger partial charge is 0.370 e. The minimum Gasteiger partial charge on any atom is -0.370 e. The molecule has 28 heavy (non-hydrogen) atoms. The number of carbonyl (C=O) groups is 1. The van der Waals surface area contributed by atoms with E-state index in [1.54, 1.807) is 24.3 Å². The molecule has 0 bridgehead atoms. The molecule has 0 saturated carbocycles. The molecule has 0 saturated heterocycles. The molecule has 1 heterocycles. The second-order valence-corrected chi connectivity index (χ2v) is 7.51. The van der Waals surface area contributed by atoms with Crippen LogP contribution in [0.4, 0.5) is 0 Å². The lowest BCUT2D eigenvalue weighted by molar-refractivity contribution is 0.100. The highest BCUT2D eigenvalue weighted by molar-refractivity contribution is 7.85. The van der Waals surface area contributed by atoms with Crippen LogP contribution in [0.2, 0.25) is 5.02 Å². The van der Waals surface area contributed by atoms with Crippen molar-refractivity contribution >= 4 is 44.5 Å². The fourth-order valence-corrected chi connectivity index (χ4v) is 2.54. The van der Waals surface area contributed by atoms with Crippen molar-refractivity contribution in [2.75, 3.05) is 6.26 Å². The lowest BCUT2D eigenvalue weighted by atomic mass is 10.0. The second kappa shape index (κ2) is 8.79. The van der Waals surface area contributed by atoms with Crippen molar-refractivity contribution in [3.8, 4) is 11.3 Å². The number of rotatable bonds is 2. The Morgan fingerprint density at radius 3 is 2.29 bits per heavy atom. The van der Waals surface area contributed by atoms with Crippen LogP contribution in [0, 0.1) is 0 Å². The molecule has 0 radical (unpaired) electrons. The summed E-state index contributed by atoms with van der Waals surface area (Å²) in [4.78, 5) is 20.5. The Labute approximate surface area is 166 Å². The smallest absolute Gasteiger partial charge is 0.280 e. The van der Waals surface area contributed by atoms with Crippen LogP contribution in [-0.4, -0.2) is 36.1 Å². The zero-order valence-corrected chi connectivity index (χ0v) is 16.3. The van der Waals surface area contributed by atoms with Crippen LogP contribution in [0.3, 0.4) is 0 Å². The first-order valence-electron chi connectivity index (χ1n) is 7.77. The average molecular weight is 421 g/mol. The van der Waals surface area contributed by atoms with E-state index in [2.05, 4.69) is 9.98 Å². The standard InChI is InChI=1S/C17H13ClN4O.CH4O3S/c18-13-8-4-7-11-12(16(23)22-17(19)20)9-14(21-15(11)13)10-5-2-1-3-6-10;1-5(2,3)4/h1-9H,(H4,19,20,22,23);1H3,(H,2,3,4). The van der Waals surface area contributed by atoms with E-state index in [0.717, 1.165) is 5.56 Å². The molecule has 10 heteroatoms. The molecule has 0 atom stereocenters. The number of amides is 1. The predicted octanol–water partition coefficient (Wildman–Crippen LogP) is 2.47. The van der Waals surface area contributed by atoms with Crippen molar-refractivity contribution in [1.82, 2.24) is 4.98 Å². The lowest BCUT2D eigenvalue weighted by Crippen LogP contribution is -2.24. The summed E-state index contributed by atoms with van der Waals surface area (Å²) in [5, 5.41) is 1.06. The molecule has 0 aliphatic carbocycles. The number of hydrogen-bond acceptors (Lipinski definition) is 4. The molecule has 0 aliphatic rings. The average Bonchev–Trinajstić information content (AvgIpc) is 2.60. The minimum atomic E-state index is -3.67. The van der Waals surface area contributed by atoms with Gasteiger partial charge in [-0.15, -0.1) is 0 Å². The summed E-state index contributed by atoms with van der Waals surface area (Å²) >= 11 is 6.24. The van der Waals surface area contributed by atoms with Gasteiger partial charge >= 0.3 is 0 Å². The van der Waals surface area contributed by atoms with Crippen molar-refractivity contribution in [3.05, 3.63) is 65.2 Å². The van der Waals surface area contributed by atoms with E-state index in [4.69, 9.17) is 27.6 Å². The number of guanidine groups is 1. The van der Waals surface area contributed by atoms with E-state index in [9.17, 15) is 13.2 Å². The lowest BCUT2D eigenvalue weighted by Gasteiger charge is -2.09. The van der Waals surface area contributed by atoms with Crippen LogP contribution < -0.4 is 11.5 Å². The molecule has 1 amide bonds. The summed E-state index contributed by atoms with van der Waals surface area (Å²) in [5.74, 6) is -0.819. The van der Waals surface area contributed by atoms with Gasteiger partial charge in [-0.3, -0.25) is 9.35 Å². The van der Waals surface area contributed by atoms with Crippen LogP contribution in [-0.2, 0) is 10.1 Å². The molecule has 0 spiro atoms. The number of aliphatic imine (C=N–C) groups is 1. The van der Waals surface area contributed by atoms with Gasteiger partial charge in [0.1, 0.15) is 0 Å². The Bertz CT molecular complexity index is 1140. The fourth-order valence-electron chi connectivity index (χ4n) is 2.32. The minimum absolute atomic E-state index is 0.289. The number of carbonyl (C=O) groups excluding carboxylic acids is 1. The monoisotopic (exact) mass is 420 g/mol. The molecular weight excluding hydrogens is 404 g/mol. The molecule has 2 aromatic carbocycles. The van der Waals surface area contributed by atoms with Crippen molar-refractivity contribution in [2.24, 2.45) is 16.5 Å². The maximum atomic E-state index is 12.3.